The molecule has 0 saturated carbocycles. The van der Waals surface area contributed by atoms with Crippen LogP contribution in [0.2, 0.25) is 0 Å². The smallest absolute Gasteiger partial charge is 0.252 e. The maximum absolute atomic E-state index is 12.3. The van der Waals surface area contributed by atoms with Gasteiger partial charge in [0.1, 0.15) is 23.1 Å². The molecule has 0 unspecified atom stereocenters. The molecule has 0 radical (unpaired) electrons. The number of aryl methyl sites for hydroxylation is 1. The highest BCUT2D eigenvalue weighted by Crippen LogP contribution is 2.38. The van der Waals surface area contributed by atoms with Crippen molar-refractivity contribution in [2.45, 2.75) is 46.1 Å². The predicted molar refractivity (Wildman–Crippen MR) is 130 cm³/mol. The zero-order valence-electron chi connectivity index (χ0n) is 19.7. The second-order valence-corrected chi connectivity index (χ2v) is 8.82. The first-order chi connectivity index (χ1) is 15.6. The van der Waals surface area contributed by atoms with Gasteiger partial charge < -0.3 is 25.6 Å². The Hall–Kier alpha value is -3.58. The average molecular weight is 450 g/mol. The van der Waals surface area contributed by atoms with Crippen LogP contribution in [0, 0.1) is 0 Å². The fourth-order valence-corrected chi connectivity index (χ4v) is 3.49. The number of hydrogen-bond donors (Lipinski definition) is 3. The minimum Gasteiger partial charge on any atom is -0.497 e. The molecule has 1 aromatic heterocycles. The Morgan fingerprint density at radius 3 is 2.45 bits per heavy atom. The molecule has 3 rings (SSSR count). The highest BCUT2D eigenvalue weighted by Gasteiger charge is 2.25. The average Bonchev–Trinajstić information content (AvgIpc) is 2.78. The van der Waals surface area contributed by atoms with Crippen LogP contribution in [0.15, 0.2) is 48.7 Å². The lowest BCUT2D eigenvalue weighted by Gasteiger charge is -2.25. The minimum atomic E-state index is -0.536. The molecule has 0 aliphatic heterocycles. The summed E-state index contributed by atoms with van der Waals surface area (Å²) in [7, 11) is 1.57. The number of methoxy groups -OCH3 is 1. The topological polar surface area (TPSA) is 107 Å². The van der Waals surface area contributed by atoms with E-state index in [1.165, 1.54) is 0 Å². The van der Waals surface area contributed by atoms with Crippen molar-refractivity contribution in [1.82, 2.24) is 4.98 Å². The fourth-order valence-electron chi connectivity index (χ4n) is 3.49. The largest absolute Gasteiger partial charge is 0.497 e. The highest BCUT2D eigenvalue weighted by atomic mass is 16.5. The first-order valence-electron chi connectivity index (χ1n) is 10.8. The standard InChI is InChI=1S/C26H31N3O4/c1-6-16-11-21(25(27)31)24(22(12-16)26(2,3)4)33-19-7-8-28-23(14-19)29-18-9-17(15-30)10-20(13-18)32-5/h7-14,30H,6,15H2,1-5H3,(H2,27,31)(H,28,29). The molecule has 4 N–H and O–H groups in total. The number of carbonyl (C=O) groups is 1. The molecule has 0 atom stereocenters. The fraction of sp³-hybridized carbons (Fsp3) is 0.308. The Labute approximate surface area is 194 Å². The summed E-state index contributed by atoms with van der Waals surface area (Å²) in [5, 5.41) is 12.7. The third-order valence-corrected chi connectivity index (χ3v) is 5.24. The van der Waals surface area contributed by atoms with Crippen molar-refractivity contribution in [3.8, 4) is 17.2 Å². The number of amides is 1. The zero-order chi connectivity index (χ0) is 24.2. The number of ether oxygens (including phenoxy) is 2. The predicted octanol–water partition coefficient (Wildman–Crippen LogP) is 5.08. The number of anilines is 2. The molecule has 174 valence electrons. The molecule has 1 heterocycles. The van der Waals surface area contributed by atoms with Gasteiger partial charge in [0.05, 0.1) is 19.3 Å². The molecule has 0 spiro atoms. The van der Waals surface area contributed by atoms with E-state index in [9.17, 15) is 9.90 Å². The van der Waals surface area contributed by atoms with Crippen LogP contribution in [0.5, 0.6) is 17.2 Å². The van der Waals surface area contributed by atoms with Gasteiger partial charge in [-0.05, 0) is 47.2 Å². The molecule has 0 fully saturated rings. The third-order valence-electron chi connectivity index (χ3n) is 5.24. The van der Waals surface area contributed by atoms with E-state index in [2.05, 4.69) is 37.1 Å². The van der Waals surface area contributed by atoms with Crippen molar-refractivity contribution in [3.63, 3.8) is 0 Å². The number of aliphatic hydroxyl groups excluding tert-OH is 1. The van der Waals surface area contributed by atoms with Gasteiger partial charge in [-0.1, -0.05) is 33.8 Å². The molecule has 0 bridgehead atoms. The summed E-state index contributed by atoms with van der Waals surface area (Å²) in [5.74, 6) is 1.58. The van der Waals surface area contributed by atoms with Gasteiger partial charge in [0, 0.05) is 29.6 Å². The van der Waals surface area contributed by atoms with E-state index >= 15 is 0 Å². The van der Waals surface area contributed by atoms with Crippen LogP contribution >= 0.6 is 0 Å². The first-order valence-corrected chi connectivity index (χ1v) is 10.8. The van der Waals surface area contributed by atoms with Gasteiger partial charge in [0.2, 0.25) is 0 Å². The molecule has 33 heavy (non-hydrogen) atoms. The molecular formula is C26H31N3O4. The number of benzene rings is 2. The Bertz CT molecular complexity index is 1130. The lowest BCUT2D eigenvalue weighted by atomic mass is 9.83. The van der Waals surface area contributed by atoms with E-state index in [4.69, 9.17) is 15.2 Å². The first kappa shape index (κ1) is 24.1. The number of nitrogens with two attached hydrogens (primary N) is 1. The molecule has 1 amide bonds. The van der Waals surface area contributed by atoms with Crippen LogP contribution in [0.25, 0.3) is 0 Å². The van der Waals surface area contributed by atoms with Gasteiger partial charge in [-0.3, -0.25) is 4.79 Å². The van der Waals surface area contributed by atoms with Crippen molar-refractivity contribution in [2.24, 2.45) is 5.73 Å². The summed E-state index contributed by atoms with van der Waals surface area (Å²) in [6.07, 6.45) is 2.40. The SMILES string of the molecule is CCc1cc(C(N)=O)c(Oc2ccnc(Nc3cc(CO)cc(OC)c3)c2)c(C(C)(C)C)c1. The summed E-state index contributed by atoms with van der Waals surface area (Å²) in [5.41, 5.74) is 9.15. The van der Waals surface area contributed by atoms with E-state index < -0.39 is 5.91 Å². The van der Waals surface area contributed by atoms with Crippen molar-refractivity contribution in [3.05, 3.63) is 70.9 Å². The van der Waals surface area contributed by atoms with Crippen LogP contribution in [-0.2, 0) is 18.4 Å². The van der Waals surface area contributed by atoms with Gasteiger partial charge in [-0.2, -0.15) is 0 Å². The van der Waals surface area contributed by atoms with Crippen molar-refractivity contribution < 1.29 is 19.4 Å². The van der Waals surface area contributed by atoms with Gasteiger partial charge in [-0.25, -0.2) is 4.98 Å². The number of aromatic nitrogens is 1. The normalized spacial score (nSPS) is 11.2. The Kier molecular flexibility index (Phi) is 7.23. The lowest BCUT2D eigenvalue weighted by molar-refractivity contribution is 0.0997. The Balaban J connectivity index is 1.99. The number of nitrogens with zero attached hydrogens (tertiary/aromatic N) is 1. The molecular weight excluding hydrogens is 418 g/mol. The number of hydrogen-bond acceptors (Lipinski definition) is 6. The third kappa shape index (κ3) is 5.81. The zero-order valence-corrected chi connectivity index (χ0v) is 19.7. The van der Waals surface area contributed by atoms with Crippen LogP contribution in [0.4, 0.5) is 11.5 Å². The van der Waals surface area contributed by atoms with E-state index in [-0.39, 0.29) is 12.0 Å². The number of aliphatic hydroxyl groups is 1. The number of primary amides is 1. The molecule has 0 aliphatic rings. The summed E-state index contributed by atoms with van der Waals surface area (Å²) in [4.78, 5) is 16.6. The molecule has 0 aliphatic carbocycles. The highest BCUT2D eigenvalue weighted by molar-refractivity contribution is 5.96. The monoisotopic (exact) mass is 449 g/mol. The van der Waals surface area contributed by atoms with Gasteiger partial charge >= 0.3 is 0 Å². The Morgan fingerprint density at radius 2 is 1.85 bits per heavy atom. The van der Waals surface area contributed by atoms with Crippen LogP contribution < -0.4 is 20.5 Å². The summed E-state index contributed by atoms with van der Waals surface area (Å²) >= 11 is 0. The quantitative estimate of drug-likeness (QED) is 0.443. The summed E-state index contributed by atoms with van der Waals surface area (Å²) in [6, 6.07) is 12.7. The molecule has 2 aromatic carbocycles. The molecule has 3 aromatic rings. The van der Waals surface area contributed by atoms with Crippen molar-refractivity contribution >= 4 is 17.4 Å². The van der Waals surface area contributed by atoms with Crippen LogP contribution in [0.3, 0.4) is 0 Å². The van der Waals surface area contributed by atoms with Gasteiger partial charge in [0.25, 0.3) is 5.91 Å². The van der Waals surface area contributed by atoms with Crippen molar-refractivity contribution in [1.29, 1.82) is 0 Å². The maximum atomic E-state index is 12.3. The number of pyridine rings is 1. The summed E-state index contributed by atoms with van der Waals surface area (Å²) < 4.78 is 11.5. The number of nitrogens with one attached hydrogen (secondary N) is 1. The number of rotatable bonds is 8. The molecule has 7 heteroatoms. The molecule has 7 nitrogen and oxygen atoms in total. The second-order valence-electron chi connectivity index (χ2n) is 8.82. The van der Waals surface area contributed by atoms with E-state index in [0.717, 1.165) is 17.5 Å². The van der Waals surface area contributed by atoms with Gasteiger partial charge in [-0.15, -0.1) is 0 Å². The van der Waals surface area contributed by atoms with Crippen molar-refractivity contribution in [2.75, 3.05) is 12.4 Å². The maximum Gasteiger partial charge on any atom is 0.252 e. The Morgan fingerprint density at radius 1 is 1.09 bits per heavy atom. The van der Waals surface area contributed by atoms with Crippen LogP contribution in [0.1, 0.15) is 54.7 Å². The van der Waals surface area contributed by atoms with E-state index in [0.29, 0.717) is 39.9 Å². The van der Waals surface area contributed by atoms with Gasteiger partial charge in [0.15, 0.2) is 0 Å². The molecule has 0 saturated heterocycles. The van der Waals surface area contributed by atoms with E-state index in [1.807, 2.05) is 13.0 Å². The van der Waals surface area contributed by atoms with E-state index in [1.54, 1.807) is 43.6 Å². The summed E-state index contributed by atoms with van der Waals surface area (Å²) in [6.45, 7) is 8.14. The minimum absolute atomic E-state index is 0.109. The number of carbonyl (C=O) groups excluding carboxylic acids is 1. The lowest BCUT2D eigenvalue weighted by Crippen LogP contribution is -2.19. The second kappa shape index (κ2) is 9.92. The van der Waals surface area contributed by atoms with Crippen LogP contribution in [-0.4, -0.2) is 23.1 Å².